The van der Waals surface area contributed by atoms with Gasteiger partial charge in [-0.05, 0) is 19.8 Å². The van der Waals surface area contributed by atoms with Crippen LogP contribution in [0.15, 0.2) is 0 Å². The van der Waals surface area contributed by atoms with Crippen molar-refractivity contribution in [2.45, 2.75) is 127 Å². The van der Waals surface area contributed by atoms with Crippen molar-refractivity contribution in [1.82, 2.24) is 0 Å². The smallest absolute Gasteiger partial charge is 0.0777 e. The second-order valence-electron chi connectivity index (χ2n) is 8.72. The van der Waals surface area contributed by atoms with E-state index >= 15 is 0 Å². The molecule has 0 rings (SSSR count). The Kier molecular flexibility index (Phi) is 25.8. The second kappa shape index (κ2) is 23.2. The van der Waals surface area contributed by atoms with Crippen LogP contribution in [-0.4, -0.2) is 36.7 Å². The van der Waals surface area contributed by atoms with E-state index in [-0.39, 0.29) is 23.1 Å². The van der Waals surface area contributed by atoms with E-state index in [0.29, 0.717) is 0 Å². The van der Waals surface area contributed by atoms with Crippen molar-refractivity contribution < 1.29 is 27.0 Å². The zero-order valence-electron chi connectivity index (χ0n) is 18.6. The minimum atomic E-state index is -0.106. The van der Waals surface area contributed by atoms with E-state index < -0.39 is 0 Å². The zero-order chi connectivity index (χ0) is 19.5. The molecule has 0 spiro atoms. The number of unbranched alkanes of at least 4 members (excludes halogenated alkanes) is 13. The number of aliphatic hydroxyl groups is 1. The van der Waals surface area contributed by atoms with Gasteiger partial charge in [0, 0.05) is 11.2 Å². The number of rotatable bonds is 20. The summed E-state index contributed by atoms with van der Waals surface area (Å²) >= 11 is 3.83. The molecule has 2 atom stereocenters. The quantitative estimate of drug-likeness (QED) is 0.189. The van der Waals surface area contributed by atoms with Crippen LogP contribution in [0.1, 0.15) is 116 Å². The number of halogens is 2. The van der Waals surface area contributed by atoms with E-state index in [1.165, 1.54) is 109 Å². The van der Waals surface area contributed by atoms with E-state index in [1.54, 1.807) is 4.90 Å². The minimum absolute atomic E-state index is 0. The number of hydrogen-bond donors (Lipinski definition) is 2. The lowest BCUT2D eigenvalue weighted by atomic mass is 10.0. The molecule has 2 unspecified atom stereocenters. The van der Waals surface area contributed by atoms with Gasteiger partial charge in [-0.1, -0.05) is 106 Å². The van der Waals surface area contributed by atoms with Gasteiger partial charge in [0.1, 0.15) is 0 Å². The van der Waals surface area contributed by atoms with Crippen LogP contribution < -0.4 is 21.9 Å². The Morgan fingerprint density at radius 2 is 0.963 bits per heavy atom. The normalized spacial score (nSPS) is 13.6. The molecule has 27 heavy (non-hydrogen) atoms. The number of hydrogen-bond acceptors (Lipinski definition) is 1. The summed E-state index contributed by atoms with van der Waals surface area (Å²) in [5.41, 5.74) is 0. The highest BCUT2D eigenvalue weighted by Gasteiger charge is 2.05. The highest BCUT2D eigenvalue weighted by atomic mass is 79.9. The Bertz CT molecular complexity index is 275. The van der Waals surface area contributed by atoms with E-state index in [0.717, 1.165) is 11.2 Å². The van der Waals surface area contributed by atoms with Crippen LogP contribution in [-0.2, 0) is 0 Å². The third kappa shape index (κ3) is 26.9. The highest BCUT2D eigenvalue weighted by Crippen LogP contribution is 2.16. The Morgan fingerprint density at radius 1 is 0.630 bits per heavy atom. The Balaban J connectivity index is 0. The molecule has 0 fully saturated rings. The maximum absolute atomic E-state index is 9.21. The molecule has 2 N–H and O–H groups in total. The molecule has 0 aliphatic heterocycles. The van der Waals surface area contributed by atoms with Crippen molar-refractivity contribution in [3.05, 3.63) is 0 Å². The Morgan fingerprint density at radius 3 is 1.30 bits per heavy atom. The molecule has 0 heterocycles. The Hall–Kier alpha value is 0.880. The summed E-state index contributed by atoms with van der Waals surface area (Å²) in [6.07, 6.45) is 23.1. The number of aliphatic hydroxyl groups excluding tert-OH is 1. The summed E-state index contributed by atoms with van der Waals surface area (Å²) in [5.74, 6) is 0. The first-order valence-electron chi connectivity index (χ1n) is 11.6. The van der Waals surface area contributed by atoms with Gasteiger partial charge in [-0.25, -0.2) is 0 Å². The van der Waals surface area contributed by atoms with E-state index in [4.69, 9.17) is 0 Å². The van der Waals surface area contributed by atoms with Gasteiger partial charge in [0.05, 0.1) is 26.7 Å². The van der Waals surface area contributed by atoms with Gasteiger partial charge in [-0.15, -0.1) is 0 Å². The van der Waals surface area contributed by atoms with Crippen molar-refractivity contribution in [2.75, 3.05) is 20.6 Å². The number of alkyl halides is 1. The summed E-state index contributed by atoms with van der Waals surface area (Å²) in [7, 11) is 4.47. The van der Waals surface area contributed by atoms with Gasteiger partial charge in [-0.3, -0.25) is 0 Å². The lowest BCUT2D eigenvalue weighted by molar-refractivity contribution is -0.858. The molecule has 0 aliphatic rings. The molecule has 0 aliphatic carbocycles. The first kappa shape index (κ1) is 30.1. The summed E-state index contributed by atoms with van der Waals surface area (Å²) in [6, 6.07) is 0. The predicted molar refractivity (Wildman–Crippen MR) is 121 cm³/mol. The maximum Gasteiger partial charge on any atom is 0.0777 e. The molecular weight excluding hydrogens is 466 g/mol. The number of nitrogens with one attached hydrogen (secondary N) is 1. The maximum atomic E-state index is 9.21. The molecule has 2 nitrogen and oxygen atoms in total. The molecule has 0 aromatic carbocycles. The molecular formula is C23H49Br2NO. The molecule has 0 amide bonds. The van der Waals surface area contributed by atoms with E-state index in [1.807, 2.05) is 6.92 Å². The lowest BCUT2D eigenvalue weighted by Gasteiger charge is -2.11. The van der Waals surface area contributed by atoms with Crippen molar-refractivity contribution in [2.24, 2.45) is 0 Å². The molecule has 4 heteroatoms. The van der Waals surface area contributed by atoms with Crippen LogP contribution in [0.5, 0.6) is 0 Å². The van der Waals surface area contributed by atoms with E-state index in [9.17, 15) is 5.11 Å². The van der Waals surface area contributed by atoms with Crippen molar-refractivity contribution >= 4 is 15.9 Å². The van der Waals surface area contributed by atoms with Crippen LogP contribution in [0, 0.1) is 0 Å². The van der Waals surface area contributed by atoms with Gasteiger partial charge < -0.3 is 27.0 Å². The standard InChI is InChI=1S/C23H48BrNO.BrH/c1-22(26)18-16-14-12-10-8-6-4-5-7-9-11-13-15-17-19-23(24)20-21-25(2)3;/h22-23,26H,4-21H2,1-3H3;1H. The van der Waals surface area contributed by atoms with Gasteiger partial charge in [0.2, 0.25) is 0 Å². The van der Waals surface area contributed by atoms with Crippen LogP contribution in [0.3, 0.4) is 0 Å². The van der Waals surface area contributed by atoms with Crippen LogP contribution in [0.4, 0.5) is 0 Å². The van der Waals surface area contributed by atoms with Gasteiger partial charge in [0.25, 0.3) is 0 Å². The third-order valence-corrected chi connectivity index (χ3v) is 6.26. The minimum Gasteiger partial charge on any atom is -1.00 e. The fourth-order valence-electron chi connectivity index (χ4n) is 3.52. The molecule has 0 bridgehead atoms. The first-order valence-corrected chi connectivity index (χ1v) is 12.5. The molecule has 0 aromatic rings. The second-order valence-corrected chi connectivity index (χ2v) is 10.0. The molecule has 0 radical (unpaired) electrons. The zero-order valence-corrected chi connectivity index (χ0v) is 21.8. The molecule has 0 aromatic heterocycles. The average molecular weight is 515 g/mol. The van der Waals surface area contributed by atoms with Crippen molar-refractivity contribution in [1.29, 1.82) is 0 Å². The topological polar surface area (TPSA) is 24.7 Å². The van der Waals surface area contributed by atoms with E-state index in [2.05, 4.69) is 30.0 Å². The summed E-state index contributed by atoms with van der Waals surface area (Å²) in [6.45, 7) is 3.17. The predicted octanol–water partition coefficient (Wildman–Crippen LogP) is 2.91. The summed E-state index contributed by atoms with van der Waals surface area (Å²) in [4.78, 5) is 2.29. The fraction of sp³-hybridized carbons (Fsp3) is 1.00. The molecule has 0 saturated carbocycles. The van der Waals surface area contributed by atoms with Crippen molar-refractivity contribution in [3.63, 3.8) is 0 Å². The molecule has 166 valence electrons. The highest BCUT2D eigenvalue weighted by molar-refractivity contribution is 9.09. The van der Waals surface area contributed by atoms with Gasteiger partial charge in [0.15, 0.2) is 0 Å². The monoisotopic (exact) mass is 513 g/mol. The molecule has 0 saturated heterocycles. The fourth-order valence-corrected chi connectivity index (χ4v) is 4.07. The van der Waals surface area contributed by atoms with Crippen molar-refractivity contribution in [3.8, 4) is 0 Å². The van der Waals surface area contributed by atoms with Gasteiger partial charge in [-0.2, -0.15) is 0 Å². The Labute approximate surface area is 190 Å². The number of quaternary nitrogens is 1. The van der Waals surface area contributed by atoms with Gasteiger partial charge >= 0.3 is 0 Å². The first-order chi connectivity index (χ1) is 12.5. The third-order valence-electron chi connectivity index (χ3n) is 5.35. The van der Waals surface area contributed by atoms with Crippen LogP contribution in [0.25, 0.3) is 0 Å². The SMILES string of the molecule is CC(O)CCCCCCCCCCCCCCCCC(Br)CC[NH+](C)C.[Br-]. The summed E-state index contributed by atoms with van der Waals surface area (Å²) < 4.78 is 0. The largest absolute Gasteiger partial charge is 1.00 e. The average Bonchev–Trinajstić information content (AvgIpc) is 2.59. The summed E-state index contributed by atoms with van der Waals surface area (Å²) in [5, 5.41) is 9.21. The van der Waals surface area contributed by atoms with Crippen LogP contribution in [0.2, 0.25) is 0 Å². The van der Waals surface area contributed by atoms with Crippen LogP contribution >= 0.6 is 15.9 Å². The lowest BCUT2D eigenvalue weighted by Crippen LogP contribution is -3.05.